The van der Waals surface area contributed by atoms with Gasteiger partial charge in [0.2, 0.25) is 0 Å². The number of oxazole rings is 1. The highest BCUT2D eigenvalue weighted by molar-refractivity contribution is 7.08. The molecule has 0 aliphatic rings. The van der Waals surface area contributed by atoms with Crippen LogP contribution in [-0.2, 0) is 0 Å². The number of hydrogen-bond acceptors (Lipinski definition) is 4. The van der Waals surface area contributed by atoms with E-state index in [0.29, 0.717) is 5.89 Å². The number of hydrogen-bond donors (Lipinski definition) is 0. The van der Waals surface area contributed by atoms with E-state index in [2.05, 4.69) is 33.3 Å². The summed E-state index contributed by atoms with van der Waals surface area (Å²) in [5.74, 6) is 1.58. The Hall–Kier alpha value is -1.39. The molecule has 80 valence electrons. The van der Waals surface area contributed by atoms with Gasteiger partial charge >= 0.3 is 0 Å². The maximum atomic E-state index is 5.68. The molecular formula is C12H9NOS2. The maximum absolute atomic E-state index is 5.68. The average molecular weight is 247 g/mol. The SMILES string of the molecule is Cc1nc(-c2ccsc2)c(-c2ccsc2)o1. The molecule has 0 aromatic carbocycles. The fraction of sp³-hybridized carbons (Fsp3) is 0.0833. The minimum absolute atomic E-state index is 0.711. The highest BCUT2D eigenvalue weighted by Crippen LogP contribution is 2.34. The van der Waals surface area contributed by atoms with Gasteiger partial charge in [0, 0.05) is 28.8 Å². The van der Waals surface area contributed by atoms with Crippen LogP contribution in [-0.4, -0.2) is 4.98 Å². The Kier molecular flexibility index (Phi) is 2.38. The Morgan fingerprint density at radius 2 is 1.75 bits per heavy atom. The van der Waals surface area contributed by atoms with Crippen molar-refractivity contribution in [1.82, 2.24) is 4.98 Å². The lowest BCUT2D eigenvalue weighted by molar-refractivity contribution is 0.534. The van der Waals surface area contributed by atoms with Gasteiger partial charge in [0.05, 0.1) is 0 Å². The van der Waals surface area contributed by atoms with Crippen molar-refractivity contribution in [2.45, 2.75) is 6.92 Å². The van der Waals surface area contributed by atoms with Gasteiger partial charge in [-0.2, -0.15) is 22.7 Å². The topological polar surface area (TPSA) is 26.0 Å². The first-order valence-corrected chi connectivity index (χ1v) is 6.76. The summed E-state index contributed by atoms with van der Waals surface area (Å²) in [7, 11) is 0. The molecule has 0 fully saturated rings. The number of aromatic nitrogens is 1. The van der Waals surface area contributed by atoms with Gasteiger partial charge in [-0.3, -0.25) is 0 Å². The summed E-state index contributed by atoms with van der Waals surface area (Å²) in [6.45, 7) is 1.88. The quantitative estimate of drug-likeness (QED) is 0.669. The summed E-state index contributed by atoms with van der Waals surface area (Å²) in [6, 6.07) is 4.12. The summed E-state index contributed by atoms with van der Waals surface area (Å²) in [6.07, 6.45) is 0. The minimum atomic E-state index is 0.711. The van der Waals surface area contributed by atoms with E-state index in [4.69, 9.17) is 4.42 Å². The molecule has 2 nitrogen and oxygen atoms in total. The Labute approximate surface area is 101 Å². The zero-order valence-corrected chi connectivity index (χ0v) is 10.3. The van der Waals surface area contributed by atoms with Crippen molar-refractivity contribution < 1.29 is 4.42 Å². The van der Waals surface area contributed by atoms with Gasteiger partial charge in [-0.05, 0) is 22.9 Å². The first-order valence-electron chi connectivity index (χ1n) is 4.87. The van der Waals surface area contributed by atoms with E-state index in [-0.39, 0.29) is 0 Å². The van der Waals surface area contributed by atoms with Crippen molar-refractivity contribution in [3.05, 3.63) is 39.5 Å². The normalized spacial score (nSPS) is 10.8. The number of rotatable bonds is 2. The molecule has 4 heteroatoms. The van der Waals surface area contributed by atoms with Crippen LogP contribution in [0.1, 0.15) is 5.89 Å². The molecule has 0 aliphatic carbocycles. The van der Waals surface area contributed by atoms with Crippen molar-refractivity contribution in [1.29, 1.82) is 0 Å². The third-order valence-corrected chi connectivity index (χ3v) is 3.68. The molecule has 0 saturated carbocycles. The molecule has 0 aliphatic heterocycles. The zero-order valence-electron chi connectivity index (χ0n) is 8.64. The molecule has 0 amide bonds. The zero-order chi connectivity index (χ0) is 11.0. The first kappa shape index (κ1) is 9.81. The molecule has 0 spiro atoms. The summed E-state index contributed by atoms with van der Waals surface area (Å²) in [4.78, 5) is 4.45. The lowest BCUT2D eigenvalue weighted by Gasteiger charge is -1.94. The van der Waals surface area contributed by atoms with Crippen molar-refractivity contribution >= 4 is 22.7 Å². The molecule has 0 bridgehead atoms. The Bertz CT molecular complexity index is 527. The van der Waals surface area contributed by atoms with Crippen LogP contribution in [0.15, 0.2) is 38.1 Å². The number of aryl methyl sites for hydroxylation is 1. The average Bonchev–Trinajstić information content (AvgIpc) is 2.98. The van der Waals surface area contributed by atoms with Gasteiger partial charge in [0.25, 0.3) is 0 Å². The van der Waals surface area contributed by atoms with Crippen molar-refractivity contribution in [2.75, 3.05) is 0 Å². The lowest BCUT2D eigenvalue weighted by atomic mass is 10.1. The van der Waals surface area contributed by atoms with Gasteiger partial charge < -0.3 is 4.42 Å². The molecule has 3 rings (SSSR count). The molecule has 0 radical (unpaired) electrons. The third-order valence-electron chi connectivity index (χ3n) is 2.31. The molecule has 0 unspecified atom stereocenters. The van der Waals surface area contributed by atoms with Gasteiger partial charge in [0.1, 0.15) is 5.69 Å². The second-order valence-corrected chi connectivity index (χ2v) is 4.99. The molecule has 16 heavy (non-hydrogen) atoms. The van der Waals surface area contributed by atoms with Crippen LogP contribution in [0.25, 0.3) is 22.6 Å². The van der Waals surface area contributed by atoms with Crippen LogP contribution >= 0.6 is 22.7 Å². The molecular weight excluding hydrogens is 238 g/mol. The monoisotopic (exact) mass is 247 g/mol. The molecule has 3 aromatic heterocycles. The van der Waals surface area contributed by atoms with Crippen LogP contribution in [0.5, 0.6) is 0 Å². The standard InChI is InChI=1S/C12H9NOS2/c1-8-13-11(9-2-4-15-6-9)12(14-8)10-3-5-16-7-10/h2-7H,1H3. The molecule has 0 N–H and O–H groups in total. The highest BCUT2D eigenvalue weighted by atomic mass is 32.1. The van der Waals surface area contributed by atoms with E-state index in [0.717, 1.165) is 22.6 Å². The molecule has 3 heterocycles. The van der Waals surface area contributed by atoms with Crippen LogP contribution in [0.2, 0.25) is 0 Å². The maximum Gasteiger partial charge on any atom is 0.192 e. The summed E-state index contributed by atoms with van der Waals surface area (Å²) >= 11 is 3.34. The minimum Gasteiger partial charge on any atom is -0.440 e. The van der Waals surface area contributed by atoms with Gasteiger partial charge in [0.15, 0.2) is 11.7 Å². The largest absolute Gasteiger partial charge is 0.440 e. The Morgan fingerprint density at radius 3 is 2.38 bits per heavy atom. The van der Waals surface area contributed by atoms with Crippen molar-refractivity contribution in [2.24, 2.45) is 0 Å². The van der Waals surface area contributed by atoms with Gasteiger partial charge in [-0.1, -0.05) is 0 Å². The lowest BCUT2D eigenvalue weighted by Crippen LogP contribution is -1.77. The molecule has 0 saturated heterocycles. The van der Waals surface area contributed by atoms with E-state index in [1.54, 1.807) is 22.7 Å². The van der Waals surface area contributed by atoms with E-state index >= 15 is 0 Å². The van der Waals surface area contributed by atoms with E-state index in [9.17, 15) is 0 Å². The molecule has 3 aromatic rings. The molecule has 0 atom stereocenters. The van der Waals surface area contributed by atoms with E-state index < -0.39 is 0 Å². The van der Waals surface area contributed by atoms with Crippen LogP contribution in [0.3, 0.4) is 0 Å². The van der Waals surface area contributed by atoms with Gasteiger partial charge in [-0.15, -0.1) is 0 Å². The second-order valence-electron chi connectivity index (χ2n) is 3.43. The predicted octanol–water partition coefficient (Wildman–Crippen LogP) is 4.44. The number of thiophene rings is 2. The van der Waals surface area contributed by atoms with Crippen molar-refractivity contribution in [3.8, 4) is 22.6 Å². The smallest absolute Gasteiger partial charge is 0.192 e. The summed E-state index contributed by atoms with van der Waals surface area (Å²) < 4.78 is 5.68. The second kappa shape index (κ2) is 3.88. The number of nitrogens with zero attached hydrogens (tertiary/aromatic N) is 1. The van der Waals surface area contributed by atoms with E-state index in [1.807, 2.05) is 12.3 Å². The first-order chi connectivity index (χ1) is 7.84. The summed E-state index contributed by atoms with van der Waals surface area (Å²) in [5, 5.41) is 8.27. The Morgan fingerprint density at radius 1 is 1.06 bits per heavy atom. The van der Waals surface area contributed by atoms with Crippen LogP contribution < -0.4 is 0 Å². The fourth-order valence-electron chi connectivity index (χ4n) is 1.61. The van der Waals surface area contributed by atoms with Crippen molar-refractivity contribution in [3.63, 3.8) is 0 Å². The van der Waals surface area contributed by atoms with Gasteiger partial charge in [-0.25, -0.2) is 4.98 Å². The predicted molar refractivity (Wildman–Crippen MR) is 67.9 cm³/mol. The highest BCUT2D eigenvalue weighted by Gasteiger charge is 2.15. The third kappa shape index (κ3) is 1.60. The van der Waals surface area contributed by atoms with E-state index in [1.165, 1.54) is 0 Å². The van der Waals surface area contributed by atoms with Crippen LogP contribution in [0.4, 0.5) is 0 Å². The fourth-order valence-corrected chi connectivity index (χ4v) is 2.89. The van der Waals surface area contributed by atoms with Crippen LogP contribution in [0, 0.1) is 6.92 Å². The summed E-state index contributed by atoms with van der Waals surface area (Å²) in [5.41, 5.74) is 3.17. The Balaban J connectivity index is 2.19.